The summed E-state index contributed by atoms with van der Waals surface area (Å²) in [5.74, 6) is -0.734. The molecule has 20 heavy (non-hydrogen) atoms. The van der Waals surface area contributed by atoms with E-state index >= 15 is 0 Å². The molecular formula is C13H10F3N3O. The molecule has 0 unspecified atom stereocenters. The van der Waals surface area contributed by atoms with Crippen LogP contribution in [0.1, 0.15) is 5.56 Å². The molecule has 1 aromatic carbocycles. The van der Waals surface area contributed by atoms with Crippen LogP contribution in [0.25, 0.3) is 10.9 Å². The van der Waals surface area contributed by atoms with Gasteiger partial charge in [-0.2, -0.15) is 18.4 Å². The molecule has 0 aliphatic rings. The van der Waals surface area contributed by atoms with Crippen LogP contribution in [0.5, 0.6) is 0 Å². The zero-order valence-corrected chi connectivity index (χ0v) is 10.2. The standard InChI is InChI=1S/C13H10F3N3O/c14-13(15,16)8-18-12(20)7-19-4-3-10-2-1-9(6-17)5-11(10)19/h1-5H,7-8H2,(H,18,20). The second-order valence-corrected chi connectivity index (χ2v) is 4.22. The number of alkyl halides is 3. The van der Waals surface area contributed by atoms with Crippen molar-refractivity contribution in [1.29, 1.82) is 5.26 Å². The van der Waals surface area contributed by atoms with Crippen LogP contribution in [0.15, 0.2) is 30.5 Å². The Bertz CT molecular complexity index is 682. The molecule has 0 atom stereocenters. The quantitative estimate of drug-likeness (QED) is 0.937. The summed E-state index contributed by atoms with van der Waals surface area (Å²) >= 11 is 0. The predicted molar refractivity (Wildman–Crippen MR) is 65.7 cm³/mol. The van der Waals surface area contributed by atoms with E-state index in [9.17, 15) is 18.0 Å². The lowest BCUT2D eigenvalue weighted by atomic mass is 10.2. The lowest BCUT2D eigenvalue weighted by Crippen LogP contribution is -2.35. The van der Waals surface area contributed by atoms with Crippen LogP contribution >= 0.6 is 0 Å². The molecular weight excluding hydrogens is 271 g/mol. The number of fused-ring (bicyclic) bond motifs is 1. The van der Waals surface area contributed by atoms with Gasteiger partial charge in [-0.3, -0.25) is 4.79 Å². The average Bonchev–Trinajstić information content (AvgIpc) is 2.78. The molecule has 0 saturated heterocycles. The summed E-state index contributed by atoms with van der Waals surface area (Å²) < 4.78 is 37.5. The van der Waals surface area contributed by atoms with Crippen molar-refractivity contribution in [2.45, 2.75) is 12.7 Å². The van der Waals surface area contributed by atoms with Crippen molar-refractivity contribution in [1.82, 2.24) is 9.88 Å². The van der Waals surface area contributed by atoms with Gasteiger partial charge in [-0.15, -0.1) is 0 Å². The first-order chi connectivity index (χ1) is 9.39. The molecule has 4 nitrogen and oxygen atoms in total. The van der Waals surface area contributed by atoms with Crippen molar-refractivity contribution < 1.29 is 18.0 Å². The first-order valence-corrected chi connectivity index (χ1v) is 5.71. The van der Waals surface area contributed by atoms with Crippen molar-refractivity contribution in [2.75, 3.05) is 6.54 Å². The van der Waals surface area contributed by atoms with Gasteiger partial charge in [0.25, 0.3) is 0 Å². The first kappa shape index (κ1) is 13.9. The Hall–Kier alpha value is -2.49. The van der Waals surface area contributed by atoms with Crippen LogP contribution in [-0.2, 0) is 11.3 Å². The van der Waals surface area contributed by atoms with E-state index < -0.39 is 18.6 Å². The fourth-order valence-electron chi connectivity index (χ4n) is 1.80. The minimum absolute atomic E-state index is 0.228. The van der Waals surface area contributed by atoms with Gasteiger partial charge in [0.2, 0.25) is 5.91 Å². The number of nitriles is 1. The van der Waals surface area contributed by atoms with E-state index in [1.165, 1.54) is 4.57 Å². The number of benzene rings is 1. The molecule has 0 bridgehead atoms. The van der Waals surface area contributed by atoms with Crippen molar-refractivity contribution in [3.63, 3.8) is 0 Å². The Morgan fingerprint density at radius 2 is 2.10 bits per heavy atom. The van der Waals surface area contributed by atoms with Crippen LogP contribution in [0.4, 0.5) is 13.2 Å². The monoisotopic (exact) mass is 281 g/mol. The van der Waals surface area contributed by atoms with Gasteiger partial charge < -0.3 is 9.88 Å². The maximum Gasteiger partial charge on any atom is 0.405 e. The molecule has 1 aromatic heterocycles. The summed E-state index contributed by atoms with van der Waals surface area (Å²) in [6, 6.07) is 8.65. The predicted octanol–water partition coefficient (Wildman–Crippen LogP) is 2.19. The topological polar surface area (TPSA) is 57.8 Å². The van der Waals surface area contributed by atoms with Crippen molar-refractivity contribution >= 4 is 16.8 Å². The van der Waals surface area contributed by atoms with Crippen LogP contribution in [0.2, 0.25) is 0 Å². The Kier molecular flexibility index (Phi) is 3.66. The molecule has 1 amide bonds. The number of hydrogen-bond acceptors (Lipinski definition) is 2. The zero-order valence-electron chi connectivity index (χ0n) is 10.2. The van der Waals surface area contributed by atoms with Crippen LogP contribution in [-0.4, -0.2) is 23.2 Å². The highest BCUT2D eigenvalue weighted by Gasteiger charge is 2.27. The molecule has 2 aromatic rings. The van der Waals surface area contributed by atoms with Crippen LogP contribution in [0, 0.1) is 11.3 Å². The zero-order chi connectivity index (χ0) is 14.8. The average molecular weight is 281 g/mol. The third-order valence-corrected chi connectivity index (χ3v) is 2.70. The van der Waals surface area contributed by atoms with Gasteiger partial charge in [-0.25, -0.2) is 0 Å². The Balaban J connectivity index is 2.14. The molecule has 0 radical (unpaired) electrons. The fourth-order valence-corrected chi connectivity index (χ4v) is 1.80. The number of nitrogens with one attached hydrogen (secondary N) is 1. The fraction of sp³-hybridized carbons (Fsp3) is 0.231. The third kappa shape index (κ3) is 3.29. The van der Waals surface area contributed by atoms with Crippen LogP contribution in [0.3, 0.4) is 0 Å². The van der Waals surface area contributed by atoms with E-state index in [0.29, 0.717) is 11.1 Å². The van der Waals surface area contributed by atoms with Gasteiger partial charge in [0, 0.05) is 11.7 Å². The van der Waals surface area contributed by atoms with Gasteiger partial charge in [-0.05, 0) is 23.6 Å². The maximum absolute atomic E-state index is 12.0. The number of nitrogens with zero attached hydrogens (tertiary/aromatic N) is 2. The van der Waals surface area contributed by atoms with Gasteiger partial charge in [0.15, 0.2) is 0 Å². The summed E-state index contributed by atoms with van der Waals surface area (Å²) in [5, 5.41) is 11.4. The SMILES string of the molecule is N#Cc1ccc2ccn(CC(=O)NCC(F)(F)F)c2c1. The number of carbonyl (C=O) groups is 1. The molecule has 0 aliphatic carbocycles. The number of rotatable bonds is 3. The highest BCUT2D eigenvalue weighted by atomic mass is 19.4. The summed E-state index contributed by atoms with van der Waals surface area (Å²) in [6.07, 6.45) is -2.83. The summed E-state index contributed by atoms with van der Waals surface area (Å²) in [7, 11) is 0. The molecule has 104 valence electrons. The number of aromatic nitrogens is 1. The van der Waals surface area contributed by atoms with E-state index in [2.05, 4.69) is 0 Å². The minimum Gasteiger partial charge on any atom is -0.345 e. The molecule has 1 N–H and O–H groups in total. The molecule has 0 aliphatic heterocycles. The normalized spacial score (nSPS) is 11.3. The van der Waals surface area contributed by atoms with Crippen LogP contribution < -0.4 is 5.32 Å². The summed E-state index contributed by atoms with van der Waals surface area (Å²) in [5.41, 5.74) is 1.05. The molecule has 0 spiro atoms. The Labute approximate surface area is 112 Å². The highest BCUT2D eigenvalue weighted by Crippen LogP contribution is 2.17. The van der Waals surface area contributed by atoms with Gasteiger partial charge in [0.05, 0.1) is 11.6 Å². The van der Waals surface area contributed by atoms with E-state index in [4.69, 9.17) is 5.26 Å². The second kappa shape index (κ2) is 5.25. The number of carbonyl (C=O) groups excluding carboxylic acids is 1. The highest BCUT2D eigenvalue weighted by molar-refractivity contribution is 5.84. The number of hydrogen-bond donors (Lipinski definition) is 1. The van der Waals surface area contributed by atoms with E-state index in [1.807, 2.05) is 6.07 Å². The summed E-state index contributed by atoms with van der Waals surface area (Å²) in [4.78, 5) is 11.5. The summed E-state index contributed by atoms with van der Waals surface area (Å²) in [6.45, 7) is -1.58. The van der Waals surface area contributed by atoms with Gasteiger partial charge >= 0.3 is 6.18 Å². The smallest absolute Gasteiger partial charge is 0.345 e. The lowest BCUT2D eigenvalue weighted by molar-refractivity contribution is -0.138. The van der Waals surface area contributed by atoms with E-state index in [1.54, 1.807) is 35.8 Å². The molecule has 0 saturated carbocycles. The van der Waals surface area contributed by atoms with Gasteiger partial charge in [-0.1, -0.05) is 6.07 Å². The molecule has 2 rings (SSSR count). The van der Waals surface area contributed by atoms with Crippen molar-refractivity contribution in [3.8, 4) is 6.07 Å². The molecule has 0 fully saturated rings. The van der Waals surface area contributed by atoms with Crippen molar-refractivity contribution in [3.05, 3.63) is 36.0 Å². The van der Waals surface area contributed by atoms with Gasteiger partial charge in [0.1, 0.15) is 13.1 Å². The molecule has 1 heterocycles. The minimum atomic E-state index is -4.43. The van der Waals surface area contributed by atoms with E-state index in [-0.39, 0.29) is 6.54 Å². The van der Waals surface area contributed by atoms with E-state index in [0.717, 1.165) is 5.39 Å². The molecule has 7 heteroatoms. The second-order valence-electron chi connectivity index (χ2n) is 4.22. The lowest BCUT2D eigenvalue weighted by Gasteiger charge is -2.09. The number of amides is 1. The maximum atomic E-state index is 12.0. The Morgan fingerprint density at radius 3 is 2.75 bits per heavy atom. The third-order valence-electron chi connectivity index (χ3n) is 2.70. The number of halogens is 3. The Morgan fingerprint density at radius 1 is 1.35 bits per heavy atom. The first-order valence-electron chi connectivity index (χ1n) is 5.71. The largest absolute Gasteiger partial charge is 0.405 e. The van der Waals surface area contributed by atoms with Crippen molar-refractivity contribution in [2.24, 2.45) is 0 Å².